The second-order valence-corrected chi connectivity index (χ2v) is 7.58. The molecule has 1 fully saturated rings. The van der Waals surface area contributed by atoms with Gasteiger partial charge in [0.15, 0.2) is 0 Å². The van der Waals surface area contributed by atoms with Crippen LogP contribution in [0.15, 0.2) is 48.5 Å². The number of ether oxygens (including phenoxy) is 1. The number of amides is 1. The molecule has 114 valence electrons. The van der Waals surface area contributed by atoms with Crippen LogP contribution >= 0.6 is 23.5 Å². The van der Waals surface area contributed by atoms with Crippen LogP contribution in [0.5, 0.6) is 5.75 Å². The number of para-hydroxylation sites is 1. The summed E-state index contributed by atoms with van der Waals surface area (Å²) in [6, 6.07) is 15.3. The molecule has 0 aliphatic carbocycles. The lowest BCUT2D eigenvalue weighted by molar-refractivity contribution is 0.102. The first-order valence-electron chi connectivity index (χ1n) is 7.05. The third-order valence-corrected chi connectivity index (χ3v) is 6.49. The highest BCUT2D eigenvalue weighted by Gasteiger charge is 2.19. The van der Waals surface area contributed by atoms with E-state index in [4.69, 9.17) is 4.74 Å². The van der Waals surface area contributed by atoms with E-state index in [2.05, 4.69) is 17.4 Å². The molecule has 1 N–H and O–H groups in total. The van der Waals surface area contributed by atoms with Gasteiger partial charge in [-0.1, -0.05) is 24.3 Å². The van der Waals surface area contributed by atoms with Gasteiger partial charge in [0.1, 0.15) is 5.75 Å². The molecule has 0 spiro atoms. The minimum Gasteiger partial charge on any atom is -0.496 e. The van der Waals surface area contributed by atoms with E-state index < -0.39 is 0 Å². The van der Waals surface area contributed by atoms with Crippen LogP contribution in [0.3, 0.4) is 0 Å². The lowest BCUT2D eigenvalue weighted by atomic mass is 10.1. The number of carbonyl (C=O) groups excluding carboxylic acids is 1. The molecule has 22 heavy (non-hydrogen) atoms. The van der Waals surface area contributed by atoms with Gasteiger partial charge in [-0.3, -0.25) is 4.79 Å². The van der Waals surface area contributed by atoms with Crippen LogP contribution in [-0.2, 0) is 0 Å². The third-order valence-electron chi connectivity index (χ3n) is 3.39. The van der Waals surface area contributed by atoms with Crippen LogP contribution in [0.2, 0.25) is 0 Å². The second-order valence-electron chi connectivity index (χ2n) is 4.85. The Labute approximate surface area is 138 Å². The normalized spacial score (nSPS) is 14.8. The van der Waals surface area contributed by atoms with E-state index in [-0.39, 0.29) is 5.91 Å². The molecule has 1 saturated heterocycles. The van der Waals surface area contributed by atoms with Gasteiger partial charge < -0.3 is 10.1 Å². The van der Waals surface area contributed by atoms with E-state index in [1.54, 1.807) is 19.2 Å². The number of benzene rings is 2. The molecule has 3 rings (SSSR count). The van der Waals surface area contributed by atoms with Crippen LogP contribution in [-0.4, -0.2) is 24.5 Å². The number of hydrogen-bond acceptors (Lipinski definition) is 4. The maximum Gasteiger partial charge on any atom is 0.259 e. The molecule has 1 heterocycles. The van der Waals surface area contributed by atoms with E-state index in [0.29, 0.717) is 15.9 Å². The molecule has 2 aromatic rings. The van der Waals surface area contributed by atoms with Gasteiger partial charge in [-0.15, -0.1) is 23.5 Å². The minimum atomic E-state index is -0.152. The van der Waals surface area contributed by atoms with Gasteiger partial charge in [0.2, 0.25) is 0 Å². The summed E-state index contributed by atoms with van der Waals surface area (Å²) in [5.41, 5.74) is 2.62. The van der Waals surface area contributed by atoms with Crippen LogP contribution in [0, 0.1) is 0 Å². The summed E-state index contributed by atoms with van der Waals surface area (Å²) in [6.45, 7) is 0. The maximum atomic E-state index is 12.4. The first-order valence-corrected chi connectivity index (χ1v) is 9.15. The lowest BCUT2D eigenvalue weighted by Gasteiger charge is -2.12. The van der Waals surface area contributed by atoms with Crippen molar-refractivity contribution in [3.63, 3.8) is 0 Å². The number of nitrogens with one attached hydrogen (secondary N) is 1. The Bertz CT molecular complexity index is 669. The first kappa shape index (κ1) is 15.3. The predicted octanol–water partition coefficient (Wildman–Crippen LogP) is 4.43. The summed E-state index contributed by atoms with van der Waals surface area (Å²) in [7, 11) is 1.57. The second kappa shape index (κ2) is 7.11. The van der Waals surface area contributed by atoms with Crippen molar-refractivity contribution in [3.05, 3.63) is 59.7 Å². The van der Waals surface area contributed by atoms with Gasteiger partial charge in [0.25, 0.3) is 5.91 Å². The van der Waals surface area contributed by atoms with Crippen molar-refractivity contribution < 1.29 is 9.53 Å². The summed E-state index contributed by atoms with van der Waals surface area (Å²) in [5.74, 6) is 2.81. The van der Waals surface area contributed by atoms with Gasteiger partial charge in [-0.05, 0) is 29.8 Å². The molecule has 0 radical (unpaired) electrons. The molecule has 1 amide bonds. The lowest BCUT2D eigenvalue weighted by Crippen LogP contribution is -2.13. The van der Waals surface area contributed by atoms with Crippen molar-refractivity contribution in [2.75, 3.05) is 23.9 Å². The zero-order chi connectivity index (χ0) is 15.4. The molecule has 3 nitrogen and oxygen atoms in total. The fraction of sp³-hybridized carbons (Fsp3) is 0.235. The summed E-state index contributed by atoms with van der Waals surface area (Å²) < 4.78 is 5.72. The van der Waals surface area contributed by atoms with Crippen molar-refractivity contribution in [3.8, 4) is 5.75 Å². The largest absolute Gasteiger partial charge is 0.496 e. The molecule has 1 aliphatic rings. The van der Waals surface area contributed by atoms with Crippen molar-refractivity contribution >= 4 is 35.1 Å². The SMILES string of the molecule is COc1ccccc1C(=O)Nc1cccc(C2SCCS2)c1. The van der Waals surface area contributed by atoms with E-state index in [9.17, 15) is 4.79 Å². The van der Waals surface area contributed by atoms with Gasteiger partial charge >= 0.3 is 0 Å². The van der Waals surface area contributed by atoms with Crippen LogP contribution < -0.4 is 10.1 Å². The molecule has 1 aliphatic heterocycles. The standard InChI is InChI=1S/C17H17NO2S2/c1-20-15-8-3-2-7-14(15)16(19)18-13-6-4-5-12(11-13)17-21-9-10-22-17/h2-8,11,17H,9-10H2,1H3,(H,18,19). The number of thioether (sulfide) groups is 2. The van der Waals surface area contributed by atoms with E-state index in [0.717, 1.165) is 5.69 Å². The fourth-order valence-electron chi connectivity index (χ4n) is 2.34. The summed E-state index contributed by atoms with van der Waals surface area (Å²) >= 11 is 3.91. The third kappa shape index (κ3) is 3.42. The Morgan fingerprint density at radius 2 is 1.91 bits per heavy atom. The number of hydrogen-bond donors (Lipinski definition) is 1. The topological polar surface area (TPSA) is 38.3 Å². The van der Waals surface area contributed by atoms with E-state index >= 15 is 0 Å². The van der Waals surface area contributed by atoms with Crippen LogP contribution in [0.25, 0.3) is 0 Å². The fourth-order valence-corrected chi connectivity index (χ4v) is 5.18. The van der Waals surface area contributed by atoms with Crippen LogP contribution in [0.1, 0.15) is 20.5 Å². The Hall–Kier alpha value is -1.59. The monoisotopic (exact) mass is 331 g/mol. The highest BCUT2D eigenvalue weighted by Crippen LogP contribution is 2.45. The quantitative estimate of drug-likeness (QED) is 0.900. The summed E-state index contributed by atoms with van der Waals surface area (Å²) in [5, 5.41) is 2.96. The zero-order valence-electron chi connectivity index (χ0n) is 12.2. The molecule has 0 bridgehead atoms. The molecular formula is C17H17NO2S2. The Morgan fingerprint density at radius 1 is 1.14 bits per heavy atom. The first-order chi connectivity index (χ1) is 10.8. The number of carbonyl (C=O) groups is 1. The molecule has 0 atom stereocenters. The summed E-state index contributed by atoms with van der Waals surface area (Å²) in [6.07, 6.45) is 0. The number of methoxy groups -OCH3 is 1. The van der Waals surface area contributed by atoms with Gasteiger partial charge in [-0.25, -0.2) is 0 Å². The molecular weight excluding hydrogens is 314 g/mol. The highest BCUT2D eigenvalue weighted by molar-refractivity contribution is 8.19. The molecule has 0 unspecified atom stereocenters. The Kier molecular flexibility index (Phi) is 4.95. The molecule has 2 aromatic carbocycles. The predicted molar refractivity (Wildman–Crippen MR) is 95.0 cm³/mol. The number of rotatable bonds is 4. The van der Waals surface area contributed by atoms with E-state index in [1.165, 1.54) is 17.1 Å². The Balaban J connectivity index is 1.77. The van der Waals surface area contributed by atoms with Crippen LogP contribution in [0.4, 0.5) is 5.69 Å². The van der Waals surface area contributed by atoms with Crippen molar-refractivity contribution in [2.45, 2.75) is 4.58 Å². The van der Waals surface area contributed by atoms with Crippen molar-refractivity contribution in [1.29, 1.82) is 0 Å². The van der Waals surface area contributed by atoms with Crippen molar-refractivity contribution in [1.82, 2.24) is 0 Å². The zero-order valence-corrected chi connectivity index (χ0v) is 13.9. The van der Waals surface area contributed by atoms with Gasteiger partial charge in [0.05, 0.1) is 17.3 Å². The molecule has 0 saturated carbocycles. The summed E-state index contributed by atoms with van der Waals surface area (Å²) in [4.78, 5) is 12.4. The molecule has 5 heteroatoms. The van der Waals surface area contributed by atoms with E-state index in [1.807, 2.05) is 47.8 Å². The average Bonchev–Trinajstić information content (AvgIpc) is 3.09. The van der Waals surface area contributed by atoms with Crippen molar-refractivity contribution in [2.24, 2.45) is 0 Å². The smallest absolute Gasteiger partial charge is 0.259 e. The average molecular weight is 331 g/mol. The highest BCUT2D eigenvalue weighted by atomic mass is 32.2. The Morgan fingerprint density at radius 3 is 2.68 bits per heavy atom. The maximum absolute atomic E-state index is 12.4. The van der Waals surface area contributed by atoms with Gasteiger partial charge in [-0.2, -0.15) is 0 Å². The minimum absolute atomic E-state index is 0.152. The van der Waals surface area contributed by atoms with Gasteiger partial charge in [0, 0.05) is 17.2 Å². The number of anilines is 1. The molecule has 0 aromatic heterocycles.